The van der Waals surface area contributed by atoms with Gasteiger partial charge in [-0.1, -0.05) is 27.5 Å². The summed E-state index contributed by atoms with van der Waals surface area (Å²) in [7, 11) is 0. The van der Waals surface area contributed by atoms with E-state index in [2.05, 4.69) is 20.8 Å². The minimum absolute atomic E-state index is 0.182. The van der Waals surface area contributed by atoms with Gasteiger partial charge in [-0.25, -0.2) is 0 Å². The van der Waals surface area contributed by atoms with Crippen molar-refractivity contribution >= 4 is 33.4 Å². The molecule has 0 spiro atoms. The molecular formula is C15H17BrClNO. The Morgan fingerprint density at radius 1 is 1.32 bits per heavy atom. The minimum Gasteiger partial charge on any atom is -0.333 e. The number of hydrogen-bond donors (Lipinski definition) is 0. The molecule has 1 aromatic carbocycles. The number of aryl methyl sites for hydroxylation is 1. The molecule has 19 heavy (non-hydrogen) atoms. The predicted octanol–water partition coefficient (Wildman–Crippen LogP) is 4.18. The van der Waals surface area contributed by atoms with Crippen LogP contribution in [0.4, 0.5) is 0 Å². The fourth-order valence-electron chi connectivity index (χ4n) is 3.45. The number of halogens is 2. The summed E-state index contributed by atoms with van der Waals surface area (Å²) in [4.78, 5) is 15.5. The molecule has 2 fully saturated rings. The molecule has 1 aromatic rings. The van der Waals surface area contributed by atoms with Crippen molar-refractivity contribution in [2.24, 2.45) is 0 Å². The van der Waals surface area contributed by atoms with Crippen molar-refractivity contribution in [3.63, 3.8) is 0 Å². The Balaban J connectivity index is 1.88. The maximum atomic E-state index is 12.8. The van der Waals surface area contributed by atoms with E-state index in [1.807, 2.05) is 19.1 Å². The van der Waals surface area contributed by atoms with Crippen molar-refractivity contribution < 1.29 is 4.79 Å². The van der Waals surface area contributed by atoms with Crippen LogP contribution in [-0.2, 0) is 0 Å². The first-order valence-electron chi connectivity index (χ1n) is 6.79. The van der Waals surface area contributed by atoms with E-state index in [0.717, 1.165) is 36.8 Å². The third-order valence-corrected chi connectivity index (χ3v) is 5.31. The normalized spacial score (nSPS) is 29.6. The average molecular weight is 343 g/mol. The quantitative estimate of drug-likeness (QED) is 0.701. The van der Waals surface area contributed by atoms with Crippen molar-refractivity contribution in [1.29, 1.82) is 0 Å². The monoisotopic (exact) mass is 341 g/mol. The highest BCUT2D eigenvalue weighted by Gasteiger charge is 2.42. The largest absolute Gasteiger partial charge is 0.333 e. The number of hydrogen-bond acceptors (Lipinski definition) is 1. The second kappa shape index (κ2) is 5.10. The van der Waals surface area contributed by atoms with Crippen LogP contribution in [0.25, 0.3) is 0 Å². The Labute approximate surface area is 127 Å². The molecule has 0 aliphatic carbocycles. The lowest BCUT2D eigenvalue weighted by atomic mass is 10.00. The van der Waals surface area contributed by atoms with Gasteiger partial charge >= 0.3 is 0 Å². The average Bonchev–Trinajstić information content (AvgIpc) is 2.61. The van der Waals surface area contributed by atoms with Gasteiger partial charge in [-0.15, -0.1) is 0 Å². The summed E-state index contributed by atoms with van der Waals surface area (Å²) in [6, 6.07) is 6.35. The number of piperidine rings is 1. The number of amides is 1. The zero-order chi connectivity index (χ0) is 13.6. The van der Waals surface area contributed by atoms with Gasteiger partial charge in [0.2, 0.25) is 0 Å². The van der Waals surface area contributed by atoms with Gasteiger partial charge in [-0.3, -0.25) is 4.79 Å². The molecule has 2 bridgehead atoms. The molecule has 2 atom stereocenters. The van der Waals surface area contributed by atoms with Crippen LogP contribution in [0.1, 0.15) is 41.6 Å². The van der Waals surface area contributed by atoms with Crippen LogP contribution in [0.2, 0.25) is 5.02 Å². The fourth-order valence-corrected chi connectivity index (χ4v) is 4.54. The molecule has 0 saturated carbocycles. The molecule has 2 heterocycles. The maximum absolute atomic E-state index is 12.8. The first-order valence-corrected chi connectivity index (χ1v) is 8.08. The minimum atomic E-state index is 0.182. The molecule has 2 nitrogen and oxygen atoms in total. The van der Waals surface area contributed by atoms with Crippen LogP contribution in [0.5, 0.6) is 0 Å². The van der Waals surface area contributed by atoms with E-state index in [4.69, 9.17) is 11.6 Å². The topological polar surface area (TPSA) is 20.3 Å². The lowest BCUT2D eigenvalue weighted by molar-refractivity contribution is 0.0603. The Kier molecular flexibility index (Phi) is 3.61. The number of carbonyl (C=O) groups is 1. The number of fused-ring (bicyclic) bond motifs is 2. The molecule has 2 aliphatic heterocycles. The number of nitrogens with zero attached hydrogens (tertiary/aromatic N) is 1. The summed E-state index contributed by atoms with van der Waals surface area (Å²) >= 11 is 9.68. The Hall–Kier alpha value is -0.540. The molecule has 0 radical (unpaired) electrons. The van der Waals surface area contributed by atoms with Gasteiger partial charge in [0.1, 0.15) is 0 Å². The molecule has 1 amide bonds. The van der Waals surface area contributed by atoms with Gasteiger partial charge in [-0.2, -0.15) is 0 Å². The summed E-state index contributed by atoms with van der Waals surface area (Å²) in [6.45, 7) is 1.96. The number of alkyl halides is 1. The molecular weight excluding hydrogens is 326 g/mol. The molecule has 0 aromatic heterocycles. The van der Waals surface area contributed by atoms with Gasteiger partial charge in [0, 0.05) is 27.5 Å². The van der Waals surface area contributed by atoms with Crippen LogP contribution in [-0.4, -0.2) is 27.7 Å². The smallest absolute Gasteiger partial charge is 0.254 e. The third-order valence-electron chi connectivity index (χ3n) is 4.33. The van der Waals surface area contributed by atoms with E-state index < -0.39 is 0 Å². The van der Waals surface area contributed by atoms with Crippen LogP contribution in [0.3, 0.4) is 0 Å². The Bertz CT molecular complexity index is 505. The first kappa shape index (κ1) is 13.4. The van der Waals surface area contributed by atoms with Gasteiger partial charge < -0.3 is 4.90 Å². The number of rotatable bonds is 1. The van der Waals surface area contributed by atoms with E-state index in [1.165, 1.54) is 0 Å². The Morgan fingerprint density at radius 2 is 1.95 bits per heavy atom. The van der Waals surface area contributed by atoms with E-state index in [1.54, 1.807) is 6.07 Å². The second-order valence-corrected chi connectivity index (χ2v) is 7.36. The lowest BCUT2D eigenvalue weighted by Gasteiger charge is -2.37. The van der Waals surface area contributed by atoms with Gasteiger partial charge in [-0.05, 0) is 56.4 Å². The third kappa shape index (κ3) is 2.43. The van der Waals surface area contributed by atoms with Crippen molar-refractivity contribution in [2.45, 2.75) is 49.5 Å². The van der Waals surface area contributed by atoms with Crippen LogP contribution in [0.15, 0.2) is 18.2 Å². The van der Waals surface area contributed by atoms with Gasteiger partial charge in [0.15, 0.2) is 0 Å². The highest BCUT2D eigenvalue weighted by molar-refractivity contribution is 9.09. The van der Waals surface area contributed by atoms with Crippen molar-refractivity contribution in [2.75, 3.05) is 0 Å². The van der Waals surface area contributed by atoms with Crippen molar-refractivity contribution in [3.8, 4) is 0 Å². The van der Waals surface area contributed by atoms with E-state index in [-0.39, 0.29) is 5.91 Å². The SMILES string of the molecule is Cc1cc(Cl)ccc1C(=O)N1C2CCC1CC(Br)C2. The molecule has 3 rings (SSSR count). The Morgan fingerprint density at radius 3 is 2.53 bits per heavy atom. The van der Waals surface area contributed by atoms with Gasteiger partial charge in [0.25, 0.3) is 5.91 Å². The van der Waals surface area contributed by atoms with Crippen molar-refractivity contribution in [3.05, 3.63) is 34.3 Å². The summed E-state index contributed by atoms with van der Waals surface area (Å²) < 4.78 is 0. The van der Waals surface area contributed by atoms with Crippen LogP contribution < -0.4 is 0 Å². The number of carbonyl (C=O) groups excluding carboxylic acids is 1. The maximum Gasteiger partial charge on any atom is 0.254 e. The molecule has 2 unspecified atom stereocenters. The highest BCUT2D eigenvalue weighted by atomic mass is 79.9. The summed E-state index contributed by atoms with van der Waals surface area (Å²) in [5.74, 6) is 0.182. The van der Waals surface area contributed by atoms with Crippen LogP contribution >= 0.6 is 27.5 Å². The molecule has 2 saturated heterocycles. The predicted molar refractivity (Wildman–Crippen MR) is 81.1 cm³/mol. The summed E-state index contributed by atoms with van der Waals surface area (Å²) in [5, 5.41) is 0.691. The molecule has 4 heteroatoms. The molecule has 102 valence electrons. The van der Waals surface area contributed by atoms with E-state index >= 15 is 0 Å². The zero-order valence-electron chi connectivity index (χ0n) is 10.9. The van der Waals surface area contributed by atoms with Gasteiger partial charge in [0.05, 0.1) is 0 Å². The van der Waals surface area contributed by atoms with E-state index in [9.17, 15) is 4.79 Å². The fraction of sp³-hybridized carbons (Fsp3) is 0.533. The van der Waals surface area contributed by atoms with E-state index in [0.29, 0.717) is 21.9 Å². The lowest BCUT2D eigenvalue weighted by Crippen LogP contribution is -2.47. The second-order valence-electron chi connectivity index (χ2n) is 5.63. The zero-order valence-corrected chi connectivity index (χ0v) is 13.2. The van der Waals surface area contributed by atoms with Crippen molar-refractivity contribution in [1.82, 2.24) is 4.90 Å². The van der Waals surface area contributed by atoms with Crippen LogP contribution in [0, 0.1) is 6.92 Å². The molecule has 0 N–H and O–H groups in total. The summed E-state index contributed by atoms with van der Waals surface area (Å²) in [5.41, 5.74) is 1.77. The summed E-state index contributed by atoms with van der Waals surface area (Å²) in [6.07, 6.45) is 4.44. The molecule has 2 aliphatic rings. The highest BCUT2D eigenvalue weighted by Crippen LogP contribution is 2.39. The first-order chi connectivity index (χ1) is 9.06. The number of benzene rings is 1. The standard InChI is InChI=1S/C15H17BrClNO/c1-9-6-11(17)2-5-14(9)15(19)18-12-3-4-13(18)8-10(16)7-12/h2,5-6,10,12-13H,3-4,7-8H2,1H3.